The SMILES string of the molecule is OC1c2ccccc2CCCC1Cc1ccc(F)c(Br)c1. The zero-order chi connectivity index (χ0) is 14.8. The lowest BCUT2D eigenvalue weighted by molar-refractivity contribution is 0.105. The molecule has 0 heterocycles. The second-order valence-electron chi connectivity index (χ2n) is 5.75. The van der Waals surface area contributed by atoms with Crippen molar-refractivity contribution in [1.82, 2.24) is 0 Å². The van der Waals surface area contributed by atoms with Crippen molar-refractivity contribution >= 4 is 15.9 Å². The third-order valence-corrected chi connectivity index (χ3v) is 4.93. The van der Waals surface area contributed by atoms with E-state index in [9.17, 15) is 9.50 Å². The van der Waals surface area contributed by atoms with Crippen LogP contribution in [0.15, 0.2) is 46.9 Å². The summed E-state index contributed by atoms with van der Waals surface area (Å²) in [6.45, 7) is 0. The topological polar surface area (TPSA) is 20.2 Å². The van der Waals surface area contributed by atoms with Crippen LogP contribution in [0.3, 0.4) is 0 Å². The predicted octanol–water partition coefficient (Wildman–Crippen LogP) is 4.82. The van der Waals surface area contributed by atoms with Crippen LogP contribution in [0.5, 0.6) is 0 Å². The highest BCUT2D eigenvalue weighted by Gasteiger charge is 2.26. The second kappa shape index (κ2) is 6.29. The first kappa shape index (κ1) is 14.7. The van der Waals surface area contributed by atoms with Crippen molar-refractivity contribution in [1.29, 1.82) is 0 Å². The molecule has 2 unspecified atom stereocenters. The molecule has 0 fully saturated rings. The van der Waals surface area contributed by atoms with Crippen molar-refractivity contribution in [2.24, 2.45) is 5.92 Å². The number of benzene rings is 2. The lowest BCUT2D eigenvalue weighted by atomic mass is 9.88. The van der Waals surface area contributed by atoms with Gasteiger partial charge in [-0.05, 0) is 76.4 Å². The van der Waals surface area contributed by atoms with Gasteiger partial charge in [-0.15, -0.1) is 0 Å². The Kier molecular flexibility index (Phi) is 4.41. The Hall–Kier alpha value is -1.19. The molecule has 2 aromatic carbocycles. The molecular formula is C18H18BrFO. The molecule has 0 aromatic heterocycles. The zero-order valence-electron chi connectivity index (χ0n) is 11.7. The summed E-state index contributed by atoms with van der Waals surface area (Å²) in [4.78, 5) is 0. The molecule has 0 amide bonds. The molecule has 2 aromatic rings. The number of aryl methyl sites for hydroxylation is 1. The van der Waals surface area contributed by atoms with Gasteiger partial charge in [0.15, 0.2) is 0 Å². The smallest absolute Gasteiger partial charge is 0.137 e. The van der Waals surface area contributed by atoms with Crippen LogP contribution in [0, 0.1) is 11.7 Å². The van der Waals surface area contributed by atoms with Crippen LogP contribution in [0.2, 0.25) is 0 Å². The molecule has 110 valence electrons. The van der Waals surface area contributed by atoms with E-state index >= 15 is 0 Å². The lowest BCUT2D eigenvalue weighted by Gasteiger charge is -2.22. The summed E-state index contributed by atoms with van der Waals surface area (Å²) >= 11 is 3.23. The zero-order valence-corrected chi connectivity index (χ0v) is 13.3. The average Bonchev–Trinajstić information content (AvgIpc) is 2.64. The summed E-state index contributed by atoms with van der Waals surface area (Å²) in [6.07, 6.45) is 3.43. The summed E-state index contributed by atoms with van der Waals surface area (Å²) < 4.78 is 13.8. The summed E-state index contributed by atoms with van der Waals surface area (Å²) in [5.74, 6) is -0.0588. The van der Waals surface area contributed by atoms with Gasteiger partial charge in [0.1, 0.15) is 5.82 Å². The van der Waals surface area contributed by atoms with E-state index < -0.39 is 6.10 Å². The Bertz CT molecular complexity index is 641. The van der Waals surface area contributed by atoms with Crippen LogP contribution in [-0.2, 0) is 12.8 Å². The van der Waals surface area contributed by atoms with Gasteiger partial charge in [0.05, 0.1) is 10.6 Å². The van der Waals surface area contributed by atoms with E-state index in [1.165, 1.54) is 11.6 Å². The minimum absolute atomic E-state index is 0.186. The van der Waals surface area contributed by atoms with Gasteiger partial charge in [-0.25, -0.2) is 4.39 Å². The molecule has 0 saturated carbocycles. The van der Waals surface area contributed by atoms with Crippen LogP contribution in [-0.4, -0.2) is 5.11 Å². The van der Waals surface area contributed by atoms with E-state index in [1.54, 1.807) is 0 Å². The monoisotopic (exact) mass is 348 g/mol. The molecule has 0 bridgehead atoms. The number of halogens is 2. The summed E-state index contributed by atoms with van der Waals surface area (Å²) in [5, 5.41) is 10.7. The highest BCUT2D eigenvalue weighted by Crippen LogP contribution is 2.35. The maximum Gasteiger partial charge on any atom is 0.137 e. The summed E-state index contributed by atoms with van der Waals surface area (Å²) in [7, 11) is 0. The Morgan fingerprint density at radius 3 is 2.81 bits per heavy atom. The number of rotatable bonds is 2. The van der Waals surface area contributed by atoms with Gasteiger partial charge < -0.3 is 5.11 Å². The molecular weight excluding hydrogens is 331 g/mol. The first-order valence-electron chi connectivity index (χ1n) is 7.35. The van der Waals surface area contributed by atoms with Gasteiger partial charge in [0.2, 0.25) is 0 Å². The fourth-order valence-electron chi connectivity index (χ4n) is 3.20. The van der Waals surface area contributed by atoms with Gasteiger partial charge in [-0.1, -0.05) is 30.3 Å². The van der Waals surface area contributed by atoms with E-state index in [1.807, 2.05) is 30.3 Å². The third kappa shape index (κ3) is 3.19. The Morgan fingerprint density at radius 2 is 2.00 bits per heavy atom. The van der Waals surface area contributed by atoms with Gasteiger partial charge in [-0.3, -0.25) is 0 Å². The van der Waals surface area contributed by atoms with Gasteiger partial charge in [-0.2, -0.15) is 0 Å². The molecule has 0 spiro atoms. The van der Waals surface area contributed by atoms with Gasteiger partial charge in [0.25, 0.3) is 0 Å². The number of hydrogen-bond acceptors (Lipinski definition) is 1. The van der Waals surface area contributed by atoms with Gasteiger partial charge >= 0.3 is 0 Å². The van der Waals surface area contributed by atoms with Gasteiger partial charge in [0, 0.05) is 0 Å². The molecule has 0 aliphatic heterocycles. The number of hydrogen-bond donors (Lipinski definition) is 1. The molecule has 21 heavy (non-hydrogen) atoms. The first-order chi connectivity index (χ1) is 10.1. The van der Waals surface area contributed by atoms with Crippen molar-refractivity contribution in [2.75, 3.05) is 0 Å². The number of aliphatic hydroxyl groups is 1. The van der Waals surface area contributed by atoms with Crippen LogP contribution in [0.4, 0.5) is 4.39 Å². The molecule has 1 nitrogen and oxygen atoms in total. The predicted molar refractivity (Wildman–Crippen MR) is 85.6 cm³/mol. The quantitative estimate of drug-likeness (QED) is 0.771. The van der Waals surface area contributed by atoms with Crippen LogP contribution in [0.1, 0.15) is 35.6 Å². The van der Waals surface area contributed by atoms with Crippen molar-refractivity contribution in [2.45, 2.75) is 31.8 Å². The number of fused-ring (bicyclic) bond motifs is 1. The lowest BCUT2D eigenvalue weighted by Crippen LogP contribution is -2.14. The molecule has 1 aliphatic carbocycles. The third-order valence-electron chi connectivity index (χ3n) is 4.32. The van der Waals surface area contributed by atoms with E-state index in [4.69, 9.17) is 0 Å². The second-order valence-corrected chi connectivity index (χ2v) is 6.60. The Balaban J connectivity index is 1.84. The molecule has 1 N–H and O–H groups in total. The van der Waals surface area contributed by atoms with Crippen LogP contribution < -0.4 is 0 Å². The van der Waals surface area contributed by atoms with Crippen molar-refractivity contribution < 1.29 is 9.50 Å². The maximum atomic E-state index is 13.3. The molecule has 3 rings (SSSR count). The highest BCUT2D eigenvalue weighted by molar-refractivity contribution is 9.10. The Morgan fingerprint density at radius 1 is 1.19 bits per heavy atom. The van der Waals surface area contributed by atoms with Crippen molar-refractivity contribution in [3.63, 3.8) is 0 Å². The number of aliphatic hydroxyl groups excluding tert-OH is 1. The fourth-order valence-corrected chi connectivity index (χ4v) is 3.63. The molecule has 0 radical (unpaired) electrons. The van der Waals surface area contributed by atoms with Crippen LogP contribution in [0.25, 0.3) is 0 Å². The molecule has 3 heteroatoms. The van der Waals surface area contributed by atoms with E-state index in [-0.39, 0.29) is 11.7 Å². The van der Waals surface area contributed by atoms with Crippen molar-refractivity contribution in [3.05, 3.63) is 69.4 Å². The molecule has 2 atom stereocenters. The average molecular weight is 349 g/mol. The summed E-state index contributed by atoms with van der Waals surface area (Å²) in [6, 6.07) is 13.3. The standard InChI is InChI=1S/C18H18BrFO/c19-16-11-12(8-9-17(16)20)10-14-6-3-5-13-4-1-2-7-15(13)18(14)21/h1-2,4,7-9,11,14,18,21H,3,5-6,10H2. The molecule has 0 saturated heterocycles. The Labute approximate surface area is 132 Å². The normalized spacial score (nSPS) is 21.7. The van der Waals surface area contributed by atoms with E-state index in [0.717, 1.165) is 36.8 Å². The van der Waals surface area contributed by atoms with Crippen LogP contribution >= 0.6 is 15.9 Å². The van der Waals surface area contributed by atoms with E-state index in [2.05, 4.69) is 22.0 Å². The van der Waals surface area contributed by atoms with Crippen molar-refractivity contribution in [3.8, 4) is 0 Å². The minimum Gasteiger partial charge on any atom is -0.388 e. The maximum absolute atomic E-state index is 13.3. The largest absolute Gasteiger partial charge is 0.388 e. The minimum atomic E-state index is -0.437. The highest BCUT2D eigenvalue weighted by atomic mass is 79.9. The fraction of sp³-hybridized carbons (Fsp3) is 0.333. The molecule has 1 aliphatic rings. The van der Waals surface area contributed by atoms with E-state index in [0.29, 0.717) is 4.47 Å². The first-order valence-corrected chi connectivity index (χ1v) is 8.14. The summed E-state index contributed by atoms with van der Waals surface area (Å²) in [5.41, 5.74) is 3.38.